The normalized spacial score (nSPS) is 12.9. The van der Waals surface area contributed by atoms with Crippen LogP contribution < -0.4 is 11.3 Å². The summed E-state index contributed by atoms with van der Waals surface area (Å²) < 4.78 is 1.92. The number of nitrogens with zero attached hydrogens (tertiary/aromatic N) is 2. The third-order valence-electron chi connectivity index (χ3n) is 3.24. The predicted molar refractivity (Wildman–Crippen MR) is 75.5 cm³/mol. The van der Waals surface area contributed by atoms with Crippen molar-refractivity contribution >= 4 is 11.3 Å². The first kappa shape index (κ1) is 13.3. The summed E-state index contributed by atoms with van der Waals surface area (Å²) in [6.07, 6.45) is 0.854. The van der Waals surface area contributed by atoms with Gasteiger partial charge in [0.05, 0.1) is 11.7 Å². The summed E-state index contributed by atoms with van der Waals surface area (Å²) in [7, 11) is 1.97. The minimum Gasteiger partial charge on any atom is -0.272 e. The molecule has 18 heavy (non-hydrogen) atoms. The molecule has 98 valence electrons. The fourth-order valence-corrected chi connectivity index (χ4v) is 3.18. The molecule has 5 heteroatoms. The van der Waals surface area contributed by atoms with Gasteiger partial charge in [0.15, 0.2) is 0 Å². The van der Waals surface area contributed by atoms with Crippen LogP contribution in [0.3, 0.4) is 0 Å². The van der Waals surface area contributed by atoms with E-state index in [1.807, 2.05) is 18.7 Å². The smallest absolute Gasteiger partial charge is 0.0608 e. The van der Waals surface area contributed by atoms with E-state index in [0.29, 0.717) is 0 Å². The maximum Gasteiger partial charge on any atom is 0.0608 e. The van der Waals surface area contributed by atoms with Gasteiger partial charge >= 0.3 is 0 Å². The van der Waals surface area contributed by atoms with Crippen LogP contribution in [0.2, 0.25) is 0 Å². The summed E-state index contributed by atoms with van der Waals surface area (Å²) in [6, 6.07) is 4.47. The van der Waals surface area contributed by atoms with Gasteiger partial charge in [-0.2, -0.15) is 5.10 Å². The number of nitrogens with one attached hydrogen (secondary N) is 1. The highest BCUT2D eigenvalue weighted by Gasteiger charge is 2.16. The molecule has 0 saturated carbocycles. The lowest BCUT2D eigenvalue weighted by Crippen LogP contribution is -2.29. The van der Waals surface area contributed by atoms with E-state index >= 15 is 0 Å². The molecule has 0 bridgehead atoms. The topological polar surface area (TPSA) is 55.9 Å². The average molecular weight is 264 g/mol. The molecule has 2 heterocycles. The van der Waals surface area contributed by atoms with Crippen LogP contribution in [0, 0.1) is 20.8 Å². The maximum absolute atomic E-state index is 5.70. The van der Waals surface area contributed by atoms with Crippen LogP contribution in [-0.2, 0) is 13.5 Å². The van der Waals surface area contributed by atoms with Crippen LogP contribution in [0.5, 0.6) is 0 Å². The number of hydrazine groups is 1. The first-order chi connectivity index (χ1) is 8.51. The van der Waals surface area contributed by atoms with Crippen molar-refractivity contribution in [3.05, 3.63) is 38.8 Å². The Labute approximate surface area is 112 Å². The second-order valence-electron chi connectivity index (χ2n) is 4.71. The molecule has 4 nitrogen and oxygen atoms in total. The van der Waals surface area contributed by atoms with Crippen LogP contribution in [0.1, 0.15) is 32.7 Å². The monoisotopic (exact) mass is 264 g/mol. The van der Waals surface area contributed by atoms with Crippen molar-refractivity contribution in [2.75, 3.05) is 0 Å². The molecule has 1 atom stereocenters. The van der Waals surface area contributed by atoms with E-state index in [4.69, 9.17) is 5.84 Å². The van der Waals surface area contributed by atoms with Crippen molar-refractivity contribution < 1.29 is 0 Å². The second-order valence-corrected chi connectivity index (χ2v) is 6.00. The molecule has 0 spiro atoms. The highest BCUT2D eigenvalue weighted by Crippen LogP contribution is 2.28. The zero-order chi connectivity index (χ0) is 13.3. The molecular weight excluding hydrogens is 244 g/mol. The van der Waals surface area contributed by atoms with E-state index in [0.717, 1.165) is 12.1 Å². The number of rotatable bonds is 4. The van der Waals surface area contributed by atoms with Crippen molar-refractivity contribution in [1.82, 2.24) is 15.2 Å². The van der Waals surface area contributed by atoms with E-state index in [1.54, 1.807) is 11.3 Å². The molecule has 0 radical (unpaired) electrons. The minimum atomic E-state index is 0.150. The van der Waals surface area contributed by atoms with Gasteiger partial charge in [-0.15, -0.1) is 11.3 Å². The van der Waals surface area contributed by atoms with Crippen molar-refractivity contribution in [3.63, 3.8) is 0 Å². The third kappa shape index (κ3) is 2.63. The lowest BCUT2D eigenvalue weighted by molar-refractivity contribution is 0.537. The molecular formula is C13H20N4S. The number of hydrogen-bond donors (Lipinski definition) is 2. The van der Waals surface area contributed by atoms with Gasteiger partial charge in [-0.3, -0.25) is 16.0 Å². The highest BCUT2D eigenvalue weighted by atomic mass is 32.1. The summed E-state index contributed by atoms with van der Waals surface area (Å²) in [5, 5.41) is 4.37. The predicted octanol–water partition coefficient (Wildman–Crippen LogP) is 2.15. The van der Waals surface area contributed by atoms with Crippen LogP contribution in [0.15, 0.2) is 12.1 Å². The van der Waals surface area contributed by atoms with E-state index in [-0.39, 0.29) is 6.04 Å². The van der Waals surface area contributed by atoms with E-state index in [9.17, 15) is 0 Å². The Morgan fingerprint density at radius 3 is 2.56 bits per heavy atom. The first-order valence-corrected chi connectivity index (χ1v) is 6.85. The zero-order valence-corrected chi connectivity index (χ0v) is 12.1. The largest absolute Gasteiger partial charge is 0.272 e. The Balaban J connectivity index is 2.22. The lowest BCUT2D eigenvalue weighted by atomic mass is 10.1. The van der Waals surface area contributed by atoms with Crippen molar-refractivity contribution in [1.29, 1.82) is 0 Å². The van der Waals surface area contributed by atoms with Gasteiger partial charge in [-0.05, 0) is 38.5 Å². The van der Waals surface area contributed by atoms with Gasteiger partial charge in [0.25, 0.3) is 0 Å². The molecule has 2 aromatic rings. The zero-order valence-electron chi connectivity index (χ0n) is 11.3. The molecule has 0 aromatic carbocycles. The fraction of sp³-hybridized carbons (Fsp3) is 0.462. The Morgan fingerprint density at radius 2 is 2.11 bits per heavy atom. The van der Waals surface area contributed by atoms with E-state index in [2.05, 4.69) is 36.5 Å². The molecule has 0 aliphatic carbocycles. The van der Waals surface area contributed by atoms with Gasteiger partial charge in [0, 0.05) is 28.9 Å². The second kappa shape index (κ2) is 5.22. The minimum absolute atomic E-state index is 0.150. The molecule has 0 saturated heterocycles. The van der Waals surface area contributed by atoms with Gasteiger partial charge in [0.2, 0.25) is 0 Å². The molecule has 0 aliphatic heterocycles. The summed E-state index contributed by atoms with van der Waals surface area (Å²) >= 11 is 1.81. The number of aryl methyl sites for hydroxylation is 4. The SMILES string of the molecule is Cc1cc(CC(NN)c2cc(C)c(C)s2)n(C)n1. The molecule has 3 N–H and O–H groups in total. The summed E-state index contributed by atoms with van der Waals surface area (Å²) in [4.78, 5) is 2.64. The van der Waals surface area contributed by atoms with Crippen molar-refractivity contribution in [2.24, 2.45) is 12.9 Å². The van der Waals surface area contributed by atoms with Gasteiger partial charge < -0.3 is 0 Å². The molecule has 0 fully saturated rings. The van der Waals surface area contributed by atoms with Gasteiger partial charge in [-0.1, -0.05) is 0 Å². The Hall–Kier alpha value is -1.17. The van der Waals surface area contributed by atoms with Gasteiger partial charge in [-0.25, -0.2) is 0 Å². The lowest BCUT2D eigenvalue weighted by Gasteiger charge is -2.14. The molecule has 2 aromatic heterocycles. The van der Waals surface area contributed by atoms with Gasteiger partial charge in [0.1, 0.15) is 0 Å². The molecule has 0 amide bonds. The van der Waals surface area contributed by atoms with Crippen LogP contribution in [0.4, 0.5) is 0 Å². The van der Waals surface area contributed by atoms with Crippen LogP contribution in [0.25, 0.3) is 0 Å². The number of hydrogen-bond acceptors (Lipinski definition) is 4. The Bertz CT molecular complexity index is 522. The number of aromatic nitrogens is 2. The summed E-state index contributed by atoms with van der Waals surface area (Å²) in [6.45, 7) is 6.29. The molecule has 2 rings (SSSR count). The summed E-state index contributed by atoms with van der Waals surface area (Å²) in [5.41, 5.74) is 6.48. The quantitative estimate of drug-likeness (QED) is 0.657. The Kier molecular flexibility index (Phi) is 3.85. The van der Waals surface area contributed by atoms with Crippen molar-refractivity contribution in [2.45, 2.75) is 33.2 Å². The van der Waals surface area contributed by atoms with Crippen LogP contribution >= 0.6 is 11.3 Å². The maximum atomic E-state index is 5.70. The van der Waals surface area contributed by atoms with E-state index in [1.165, 1.54) is 21.0 Å². The summed E-state index contributed by atoms with van der Waals surface area (Å²) in [5.74, 6) is 5.70. The average Bonchev–Trinajstić information content (AvgIpc) is 2.79. The number of thiophene rings is 1. The van der Waals surface area contributed by atoms with Crippen molar-refractivity contribution in [3.8, 4) is 0 Å². The fourth-order valence-electron chi connectivity index (χ4n) is 2.08. The Morgan fingerprint density at radius 1 is 1.39 bits per heavy atom. The first-order valence-electron chi connectivity index (χ1n) is 6.04. The third-order valence-corrected chi connectivity index (χ3v) is 4.51. The standard InChI is InChI=1S/C13H20N4S/c1-8-5-13(18-10(8)3)12(15-14)7-11-6-9(2)16-17(11)4/h5-6,12,15H,7,14H2,1-4H3. The highest BCUT2D eigenvalue weighted by molar-refractivity contribution is 7.12. The number of nitrogens with two attached hydrogens (primary N) is 1. The molecule has 1 unspecified atom stereocenters. The van der Waals surface area contributed by atoms with Crippen LogP contribution in [-0.4, -0.2) is 9.78 Å². The molecule has 0 aliphatic rings. The van der Waals surface area contributed by atoms with E-state index < -0.39 is 0 Å².